The third-order valence-electron chi connectivity index (χ3n) is 2.95. The highest BCUT2D eigenvalue weighted by atomic mass is 32.2. The lowest BCUT2D eigenvalue weighted by molar-refractivity contribution is -0.134. The summed E-state index contributed by atoms with van der Waals surface area (Å²) >= 11 is 0. The molecule has 0 saturated carbocycles. The standard InChI is InChI=1S/C12H12N4O4S/c13-6-7-5-8(14)1-3-10(7)21(19,20)16-9-2-4-11(17)15-12(9)18/h1,3,5,9,16H,2,4,14H2,(H,15,17,18). The molecule has 1 fully saturated rings. The average molecular weight is 308 g/mol. The van der Waals surface area contributed by atoms with E-state index >= 15 is 0 Å². The van der Waals surface area contributed by atoms with Crippen molar-refractivity contribution in [1.29, 1.82) is 5.26 Å². The Morgan fingerprint density at radius 2 is 2.10 bits per heavy atom. The van der Waals surface area contributed by atoms with Gasteiger partial charge in [0.05, 0.1) is 10.5 Å². The van der Waals surface area contributed by atoms with Crippen molar-refractivity contribution in [2.45, 2.75) is 23.8 Å². The maximum absolute atomic E-state index is 12.3. The molecule has 9 heteroatoms. The van der Waals surface area contributed by atoms with Crippen molar-refractivity contribution >= 4 is 27.5 Å². The Hall–Kier alpha value is -2.44. The zero-order valence-corrected chi connectivity index (χ0v) is 11.6. The van der Waals surface area contributed by atoms with Crippen molar-refractivity contribution in [3.8, 4) is 6.07 Å². The maximum Gasteiger partial charge on any atom is 0.244 e. The van der Waals surface area contributed by atoms with Crippen molar-refractivity contribution in [2.75, 3.05) is 5.73 Å². The number of sulfonamides is 1. The van der Waals surface area contributed by atoms with Crippen molar-refractivity contribution < 1.29 is 18.0 Å². The van der Waals surface area contributed by atoms with E-state index in [0.29, 0.717) is 0 Å². The molecule has 1 saturated heterocycles. The fraction of sp³-hybridized carbons (Fsp3) is 0.250. The third-order valence-corrected chi connectivity index (χ3v) is 4.48. The Morgan fingerprint density at radius 1 is 1.38 bits per heavy atom. The molecule has 1 heterocycles. The van der Waals surface area contributed by atoms with Gasteiger partial charge in [-0.05, 0) is 24.6 Å². The van der Waals surface area contributed by atoms with Crippen LogP contribution < -0.4 is 15.8 Å². The van der Waals surface area contributed by atoms with Crippen molar-refractivity contribution in [3.63, 3.8) is 0 Å². The minimum Gasteiger partial charge on any atom is -0.399 e. The number of nitrogens with zero attached hydrogens (tertiary/aromatic N) is 1. The van der Waals surface area contributed by atoms with Gasteiger partial charge in [0.25, 0.3) is 0 Å². The number of piperidine rings is 1. The first-order valence-electron chi connectivity index (χ1n) is 5.99. The molecule has 0 bridgehead atoms. The fourth-order valence-corrected chi connectivity index (χ4v) is 3.29. The molecular weight excluding hydrogens is 296 g/mol. The highest BCUT2D eigenvalue weighted by molar-refractivity contribution is 7.89. The molecule has 1 atom stereocenters. The SMILES string of the molecule is N#Cc1cc(N)ccc1S(=O)(=O)NC1CCC(=O)NC1=O. The van der Waals surface area contributed by atoms with E-state index < -0.39 is 27.9 Å². The van der Waals surface area contributed by atoms with Crippen LogP contribution in [-0.4, -0.2) is 26.3 Å². The number of benzene rings is 1. The molecule has 2 rings (SSSR count). The molecule has 4 N–H and O–H groups in total. The number of hydrogen-bond donors (Lipinski definition) is 3. The van der Waals surface area contributed by atoms with E-state index in [0.717, 1.165) is 0 Å². The summed E-state index contributed by atoms with van der Waals surface area (Å²) in [4.78, 5) is 22.3. The second kappa shape index (κ2) is 5.51. The number of hydrogen-bond acceptors (Lipinski definition) is 6. The zero-order valence-electron chi connectivity index (χ0n) is 10.8. The lowest BCUT2D eigenvalue weighted by Gasteiger charge is -2.21. The Kier molecular flexibility index (Phi) is 3.93. The predicted molar refractivity (Wildman–Crippen MR) is 72.1 cm³/mol. The number of anilines is 1. The highest BCUT2D eigenvalue weighted by Gasteiger charge is 2.31. The number of carbonyl (C=O) groups excluding carboxylic acids is 2. The van der Waals surface area contributed by atoms with Crippen LogP contribution in [0.4, 0.5) is 5.69 Å². The first-order valence-corrected chi connectivity index (χ1v) is 7.47. The van der Waals surface area contributed by atoms with Crippen LogP contribution in [0.15, 0.2) is 23.1 Å². The third kappa shape index (κ3) is 3.18. The van der Waals surface area contributed by atoms with Crippen LogP contribution in [0.2, 0.25) is 0 Å². The van der Waals surface area contributed by atoms with Crippen LogP contribution in [0.3, 0.4) is 0 Å². The zero-order chi connectivity index (χ0) is 15.6. The molecule has 1 unspecified atom stereocenters. The van der Waals surface area contributed by atoms with E-state index in [2.05, 4.69) is 10.0 Å². The van der Waals surface area contributed by atoms with Gasteiger partial charge in [0.2, 0.25) is 21.8 Å². The van der Waals surface area contributed by atoms with Gasteiger partial charge in [-0.25, -0.2) is 8.42 Å². The first-order chi connectivity index (χ1) is 9.83. The van der Waals surface area contributed by atoms with Crippen LogP contribution in [0.5, 0.6) is 0 Å². The molecule has 0 aromatic heterocycles. The summed E-state index contributed by atoms with van der Waals surface area (Å²) in [5.74, 6) is -1.15. The summed E-state index contributed by atoms with van der Waals surface area (Å²) in [6, 6.07) is 4.48. The summed E-state index contributed by atoms with van der Waals surface area (Å²) in [6.07, 6.45) is 0.118. The molecule has 0 aliphatic carbocycles. The van der Waals surface area contributed by atoms with Crippen LogP contribution >= 0.6 is 0 Å². The molecule has 21 heavy (non-hydrogen) atoms. The monoisotopic (exact) mass is 308 g/mol. The Balaban J connectivity index is 2.29. The van der Waals surface area contributed by atoms with Gasteiger partial charge in [0.1, 0.15) is 12.1 Å². The molecule has 1 aliphatic heterocycles. The number of nitriles is 1. The average Bonchev–Trinajstić information content (AvgIpc) is 2.41. The Labute approximate surface area is 121 Å². The molecule has 1 aromatic carbocycles. The molecule has 8 nitrogen and oxygen atoms in total. The smallest absolute Gasteiger partial charge is 0.244 e. The number of nitrogens with one attached hydrogen (secondary N) is 2. The van der Waals surface area contributed by atoms with Crippen LogP contribution in [0, 0.1) is 11.3 Å². The number of amides is 2. The van der Waals surface area contributed by atoms with Gasteiger partial charge in [-0.3, -0.25) is 14.9 Å². The van der Waals surface area contributed by atoms with Crippen molar-refractivity contribution in [3.05, 3.63) is 23.8 Å². The molecule has 1 aliphatic rings. The second-order valence-electron chi connectivity index (χ2n) is 4.49. The second-order valence-corrected chi connectivity index (χ2v) is 6.17. The molecule has 0 radical (unpaired) electrons. The Morgan fingerprint density at radius 3 is 2.71 bits per heavy atom. The summed E-state index contributed by atoms with van der Waals surface area (Å²) < 4.78 is 26.7. The molecular formula is C12H12N4O4S. The van der Waals surface area contributed by atoms with Crippen LogP contribution in [0.1, 0.15) is 18.4 Å². The number of nitrogens with two attached hydrogens (primary N) is 1. The molecule has 1 aromatic rings. The number of carbonyl (C=O) groups is 2. The van der Waals surface area contributed by atoms with Gasteiger partial charge < -0.3 is 5.73 Å². The summed E-state index contributed by atoms with van der Waals surface area (Å²) in [5.41, 5.74) is 5.64. The van der Waals surface area contributed by atoms with E-state index in [9.17, 15) is 18.0 Å². The van der Waals surface area contributed by atoms with Crippen LogP contribution in [-0.2, 0) is 19.6 Å². The molecule has 2 amide bonds. The van der Waals surface area contributed by atoms with E-state index in [1.54, 1.807) is 6.07 Å². The fourth-order valence-electron chi connectivity index (χ4n) is 1.93. The van der Waals surface area contributed by atoms with E-state index in [4.69, 9.17) is 11.0 Å². The van der Waals surface area contributed by atoms with Crippen molar-refractivity contribution in [1.82, 2.24) is 10.0 Å². The molecule has 0 spiro atoms. The van der Waals surface area contributed by atoms with Gasteiger partial charge in [-0.15, -0.1) is 0 Å². The normalized spacial score (nSPS) is 18.9. The number of nitrogen functional groups attached to an aromatic ring is 1. The van der Waals surface area contributed by atoms with Gasteiger partial charge in [-0.1, -0.05) is 0 Å². The Bertz CT molecular complexity index is 751. The van der Waals surface area contributed by atoms with E-state index in [1.807, 2.05) is 0 Å². The molecule has 110 valence electrons. The van der Waals surface area contributed by atoms with Gasteiger partial charge in [0, 0.05) is 12.1 Å². The lowest BCUT2D eigenvalue weighted by atomic mass is 10.1. The van der Waals surface area contributed by atoms with Crippen LogP contribution in [0.25, 0.3) is 0 Å². The summed E-state index contributed by atoms with van der Waals surface area (Å²) in [6.45, 7) is 0. The number of rotatable bonds is 3. The number of imide groups is 1. The summed E-state index contributed by atoms with van der Waals surface area (Å²) in [5, 5.41) is 11.0. The minimum absolute atomic E-state index is 0.0474. The van der Waals surface area contributed by atoms with Gasteiger partial charge in [-0.2, -0.15) is 9.98 Å². The summed E-state index contributed by atoms with van der Waals surface area (Å²) in [7, 11) is -4.07. The minimum atomic E-state index is -4.07. The highest BCUT2D eigenvalue weighted by Crippen LogP contribution is 2.19. The quantitative estimate of drug-likeness (QED) is 0.494. The predicted octanol–water partition coefficient (Wildman–Crippen LogP) is -0.776. The largest absolute Gasteiger partial charge is 0.399 e. The topological polar surface area (TPSA) is 142 Å². The van der Waals surface area contributed by atoms with Crippen molar-refractivity contribution in [2.24, 2.45) is 0 Å². The van der Waals surface area contributed by atoms with E-state index in [1.165, 1.54) is 18.2 Å². The van der Waals surface area contributed by atoms with E-state index in [-0.39, 0.29) is 29.0 Å². The lowest BCUT2D eigenvalue weighted by Crippen LogP contribution is -2.52. The first kappa shape index (κ1) is 15.0. The van der Waals surface area contributed by atoms with Gasteiger partial charge in [0.15, 0.2) is 0 Å². The van der Waals surface area contributed by atoms with Gasteiger partial charge >= 0.3 is 0 Å². The maximum atomic E-state index is 12.3.